The Morgan fingerprint density at radius 3 is 2.65 bits per heavy atom. The quantitative estimate of drug-likeness (QED) is 0.862. The summed E-state index contributed by atoms with van der Waals surface area (Å²) in [5.41, 5.74) is 0.430. The molecule has 1 unspecified atom stereocenters. The molecule has 0 aliphatic carbocycles. The second kappa shape index (κ2) is 5.54. The minimum Gasteiger partial charge on any atom is -0.379 e. The van der Waals surface area contributed by atoms with Crippen molar-refractivity contribution < 1.29 is 4.74 Å². The largest absolute Gasteiger partial charge is 0.379 e. The molecule has 0 saturated carbocycles. The van der Waals surface area contributed by atoms with Gasteiger partial charge in [-0.15, -0.1) is 0 Å². The second-order valence-corrected chi connectivity index (χ2v) is 5.39. The van der Waals surface area contributed by atoms with Crippen LogP contribution >= 0.6 is 11.8 Å². The van der Waals surface area contributed by atoms with Gasteiger partial charge in [0.15, 0.2) is 0 Å². The number of hydrogen-bond donors (Lipinski definition) is 1. The predicted molar refractivity (Wildman–Crippen MR) is 69.9 cm³/mol. The maximum absolute atomic E-state index is 9.48. The molecule has 1 aliphatic rings. The van der Waals surface area contributed by atoms with Gasteiger partial charge in [-0.2, -0.15) is 17.0 Å². The molecule has 1 N–H and O–H groups in total. The van der Waals surface area contributed by atoms with E-state index in [-0.39, 0.29) is 0 Å². The van der Waals surface area contributed by atoms with Gasteiger partial charge >= 0.3 is 0 Å². The van der Waals surface area contributed by atoms with Gasteiger partial charge in [0.25, 0.3) is 0 Å². The highest BCUT2D eigenvalue weighted by Gasteiger charge is 2.32. The number of rotatable bonds is 5. The van der Waals surface area contributed by atoms with Crippen LogP contribution in [-0.2, 0) is 10.3 Å². The van der Waals surface area contributed by atoms with Gasteiger partial charge in [0.05, 0.1) is 24.5 Å². The highest BCUT2D eigenvalue weighted by Crippen LogP contribution is 2.29. The van der Waals surface area contributed by atoms with Gasteiger partial charge in [-0.1, -0.05) is 30.3 Å². The Kier molecular flexibility index (Phi) is 4.06. The van der Waals surface area contributed by atoms with Crippen LogP contribution in [0.15, 0.2) is 30.3 Å². The first kappa shape index (κ1) is 12.4. The van der Waals surface area contributed by atoms with Crippen molar-refractivity contribution in [3.05, 3.63) is 35.9 Å². The van der Waals surface area contributed by atoms with Crippen molar-refractivity contribution in [2.45, 2.75) is 10.8 Å². The standard InChI is InChI=1S/C13H16N2OS/c1-15-13(9-14,10-17-12-7-16-8-12)11-5-3-2-4-6-11/h2-6,12,15H,7-8,10H2,1H3. The van der Waals surface area contributed by atoms with E-state index in [2.05, 4.69) is 11.4 Å². The number of nitrogens with zero attached hydrogens (tertiary/aromatic N) is 1. The molecule has 3 nitrogen and oxygen atoms in total. The average molecular weight is 248 g/mol. The van der Waals surface area contributed by atoms with Crippen LogP contribution in [0, 0.1) is 11.3 Å². The zero-order chi connectivity index (χ0) is 12.1. The van der Waals surface area contributed by atoms with Gasteiger partial charge in [0.1, 0.15) is 5.54 Å². The molecular weight excluding hydrogens is 232 g/mol. The smallest absolute Gasteiger partial charge is 0.141 e. The van der Waals surface area contributed by atoms with Gasteiger partial charge in [-0.25, -0.2) is 0 Å². The van der Waals surface area contributed by atoms with Crippen molar-refractivity contribution in [2.75, 3.05) is 26.0 Å². The fraction of sp³-hybridized carbons (Fsp3) is 0.462. The molecule has 0 radical (unpaired) electrons. The van der Waals surface area contributed by atoms with E-state index in [4.69, 9.17) is 4.74 Å². The van der Waals surface area contributed by atoms with Crippen molar-refractivity contribution in [3.63, 3.8) is 0 Å². The summed E-state index contributed by atoms with van der Waals surface area (Å²) in [5.74, 6) is 0.748. The fourth-order valence-electron chi connectivity index (χ4n) is 1.73. The minimum absolute atomic E-state index is 0.541. The number of ether oxygens (including phenoxy) is 1. The van der Waals surface area contributed by atoms with Gasteiger partial charge in [0.2, 0.25) is 0 Å². The van der Waals surface area contributed by atoms with Crippen LogP contribution < -0.4 is 5.32 Å². The first-order valence-electron chi connectivity index (χ1n) is 5.66. The molecule has 0 spiro atoms. The molecule has 0 amide bonds. The lowest BCUT2D eigenvalue weighted by atomic mass is 9.94. The highest BCUT2D eigenvalue weighted by atomic mass is 32.2. The first-order chi connectivity index (χ1) is 8.30. The van der Waals surface area contributed by atoms with E-state index in [0.717, 1.165) is 24.5 Å². The molecule has 2 rings (SSSR count). The van der Waals surface area contributed by atoms with Gasteiger partial charge < -0.3 is 4.74 Å². The van der Waals surface area contributed by atoms with E-state index in [1.54, 1.807) is 11.8 Å². The van der Waals surface area contributed by atoms with E-state index in [9.17, 15) is 5.26 Å². The monoisotopic (exact) mass is 248 g/mol. The zero-order valence-corrected chi connectivity index (χ0v) is 10.7. The average Bonchev–Trinajstić information content (AvgIpc) is 2.34. The van der Waals surface area contributed by atoms with Gasteiger partial charge in [0, 0.05) is 5.75 Å². The Hall–Kier alpha value is -1.02. The Balaban J connectivity index is 2.11. The lowest BCUT2D eigenvalue weighted by molar-refractivity contribution is 0.0454. The van der Waals surface area contributed by atoms with Crippen molar-refractivity contribution in [1.29, 1.82) is 5.26 Å². The SMILES string of the molecule is CNC(C#N)(CSC1COC1)c1ccccc1. The third-order valence-corrected chi connectivity index (χ3v) is 4.37. The number of hydrogen-bond acceptors (Lipinski definition) is 4. The molecule has 1 fully saturated rings. The fourth-order valence-corrected chi connectivity index (χ4v) is 2.97. The molecule has 1 aliphatic heterocycles. The maximum Gasteiger partial charge on any atom is 0.141 e. The van der Waals surface area contributed by atoms with Crippen LogP contribution in [0.2, 0.25) is 0 Å². The number of nitrogens with one attached hydrogen (secondary N) is 1. The van der Waals surface area contributed by atoms with E-state index < -0.39 is 5.54 Å². The van der Waals surface area contributed by atoms with Crippen molar-refractivity contribution in [2.24, 2.45) is 0 Å². The van der Waals surface area contributed by atoms with E-state index in [1.165, 1.54) is 0 Å². The molecule has 1 saturated heterocycles. The first-order valence-corrected chi connectivity index (χ1v) is 6.70. The summed E-state index contributed by atoms with van der Waals surface area (Å²) in [6, 6.07) is 12.3. The molecule has 1 atom stereocenters. The lowest BCUT2D eigenvalue weighted by Crippen LogP contribution is -2.43. The topological polar surface area (TPSA) is 45.0 Å². The van der Waals surface area contributed by atoms with Gasteiger partial charge in [-0.05, 0) is 12.6 Å². The number of benzene rings is 1. The second-order valence-electron chi connectivity index (χ2n) is 4.10. The Bertz CT molecular complexity index is 400. The molecule has 17 heavy (non-hydrogen) atoms. The summed E-state index contributed by atoms with van der Waals surface area (Å²) in [7, 11) is 1.84. The normalized spacial score (nSPS) is 19.1. The molecule has 4 heteroatoms. The third-order valence-electron chi connectivity index (χ3n) is 3.03. The Morgan fingerprint density at radius 1 is 1.47 bits per heavy atom. The maximum atomic E-state index is 9.48. The summed E-state index contributed by atoms with van der Waals surface area (Å²) in [6.45, 7) is 1.62. The summed E-state index contributed by atoms with van der Waals surface area (Å²) in [4.78, 5) is 0. The van der Waals surface area contributed by atoms with Crippen molar-refractivity contribution in [3.8, 4) is 6.07 Å². The highest BCUT2D eigenvalue weighted by molar-refractivity contribution is 8.00. The molecule has 90 valence electrons. The molecule has 0 bridgehead atoms. The summed E-state index contributed by atoms with van der Waals surface area (Å²) < 4.78 is 5.15. The number of thioether (sulfide) groups is 1. The third kappa shape index (κ3) is 2.63. The lowest BCUT2D eigenvalue weighted by Gasteiger charge is -2.31. The van der Waals surface area contributed by atoms with Crippen LogP contribution in [0.1, 0.15) is 5.56 Å². The Morgan fingerprint density at radius 2 is 2.18 bits per heavy atom. The number of nitriles is 1. The van der Waals surface area contributed by atoms with Crippen LogP contribution in [0.4, 0.5) is 0 Å². The molecule has 0 aromatic heterocycles. The van der Waals surface area contributed by atoms with Crippen LogP contribution in [0.3, 0.4) is 0 Å². The van der Waals surface area contributed by atoms with E-state index in [1.807, 2.05) is 37.4 Å². The van der Waals surface area contributed by atoms with Crippen molar-refractivity contribution in [1.82, 2.24) is 5.32 Å². The van der Waals surface area contributed by atoms with Crippen LogP contribution in [0.25, 0.3) is 0 Å². The molecule has 1 heterocycles. The molecular formula is C13H16N2OS. The molecule has 1 aromatic carbocycles. The zero-order valence-electron chi connectivity index (χ0n) is 9.85. The van der Waals surface area contributed by atoms with Crippen LogP contribution in [-0.4, -0.2) is 31.3 Å². The van der Waals surface area contributed by atoms with E-state index in [0.29, 0.717) is 5.25 Å². The van der Waals surface area contributed by atoms with E-state index >= 15 is 0 Å². The van der Waals surface area contributed by atoms with Crippen molar-refractivity contribution >= 4 is 11.8 Å². The van der Waals surface area contributed by atoms with Crippen LogP contribution in [0.5, 0.6) is 0 Å². The summed E-state index contributed by atoms with van der Waals surface area (Å²) >= 11 is 1.80. The van der Waals surface area contributed by atoms with Gasteiger partial charge in [-0.3, -0.25) is 5.32 Å². The minimum atomic E-state index is -0.596. The predicted octanol–water partition coefficient (Wildman–Crippen LogP) is 1.76. The summed E-state index contributed by atoms with van der Waals surface area (Å²) in [5, 5.41) is 13.2. The summed E-state index contributed by atoms with van der Waals surface area (Å²) in [6.07, 6.45) is 0. The molecule has 1 aromatic rings. The Labute approximate surface area is 106 Å².